The van der Waals surface area contributed by atoms with Gasteiger partial charge in [0.1, 0.15) is 5.54 Å². The van der Waals surface area contributed by atoms with E-state index in [0.717, 1.165) is 4.90 Å². The molecule has 1 aromatic carbocycles. The molecule has 1 aromatic heterocycles. The van der Waals surface area contributed by atoms with Crippen LogP contribution < -0.4 is 14.8 Å². The Morgan fingerprint density at radius 2 is 2.04 bits per heavy atom. The largest absolute Gasteiger partial charge is 0.454 e. The highest BCUT2D eigenvalue weighted by Crippen LogP contribution is 2.37. The summed E-state index contributed by atoms with van der Waals surface area (Å²) >= 11 is 0. The highest BCUT2D eigenvalue weighted by Gasteiger charge is 2.49. The number of imide groups is 1. The van der Waals surface area contributed by atoms with Crippen LogP contribution in [-0.2, 0) is 10.3 Å². The topological polar surface area (TPSA) is 101 Å². The summed E-state index contributed by atoms with van der Waals surface area (Å²) in [5.74, 6) is 0.268. The van der Waals surface area contributed by atoms with Gasteiger partial charge in [-0.15, -0.1) is 0 Å². The Morgan fingerprint density at radius 3 is 2.80 bits per heavy atom. The van der Waals surface area contributed by atoms with Crippen LogP contribution in [0.5, 0.6) is 11.5 Å². The van der Waals surface area contributed by atoms with E-state index in [1.807, 2.05) is 0 Å². The van der Waals surface area contributed by atoms with Crippen molar-refractivity contribution in [2.75, 3.05) is 13.3 Å². The first-order valence-corrected chi connectivity index (χ1v) is 7.70. The van der Waals surface area contributed by atoms with Crippen molar-refractivity contribution in [3.63, 3.8) is 0 Å². The minimum atomic E-state index is -1.27. The van der Waals surface area contributed by atoms with Crippen molar-refractivity contribution in [2.24, 2.45) is 0 Å². The van der Waals surface area contributed by atoms with Crippen molar-refractivity contribution in [1.82, 2.24) is 15.2 Å². The zero-order valence-corrected chi connectivity index (χ0v) is 13.4. The molecule has 1 fully saturated rings. The molecule has 0 saturated carbocycles. The normalized spacial score (nSPS) is 21.6. The Hall–Kier alpha value is -3.29. The third-order valence-corrected chi connectivity index (χ3v) is 4.42. The number of ether oxygens (including phenoxy) is 2. The maximum atomic E-state index is 12.9. The first-order valence-electron chi connectivity index (χ1n) is 7.70. The molecule has 0 radical (unpaired) electrons. The van der Waals surface area contributed by atoms with Gasteiger partial charge in [0.25, 0.3) is 5.91 Å². The third-order valence-electron chi connectivity index (χ3n) is 4.42. The standard InChI is InChI=1S/C17H15N3O5/c1-17(10-4-5-13-14(7-10)25-9-24-13)15(22)20(16(23)19-17)8-12(21)11-3-2-6-18-11/h2-7,18H,8-9H2,1H3,(H,19,23)/t17-/m1/s1. The van der Waals surface area contributed by atoms with Crippen LogP contribution in [-0.4, -0.2) is 40.9 Å². The number of hydrogen-bond acceptors (Lipinski definition) is 5. The van der Waals surface area contributed by atoms with E-state index in [1.54, 1.807) is 43.5 Å². The predicted molar refractivity (Wildman–Crippen MR) is 85.3 cm³/mol. The van der Waals surface area contributed by atoms with Crippen LogP contribution in [0.3, 0.4) is 0 Å². The molecule has 4 rings (SSSR count). The van der Waals surface area contributed by atoms with Crippen molar-refractivity contribution in [3.05, 3.63) is 47.8 Å². The van der Waals surface area contributed by atoms with E-state index >= 15 is 0 Å². The summed E-state index contributed by atoms with van der Waals surface area (Å²) in [7, 11) is 0. The van der Waals surface area contributed by atoms with E-state index in [2.05, 4.69) is 10.3 Å². The van der Waals surface area contributed by atoms with Crippen LogP contribution in [0.15, 0.2) is 36.5 Å². The molecule has 8 nitrogen and oxygen atoms in total. The molecule has 0 aliphatic carbocycles. The molecule has 8 heteroatoms. The number of fused-ring (bicyclic) bond motifs is 1. The smallest absolute Gasteiger partial charge is 0.325 e. The Bertz CT molecular complexity index is 876. The second-order valence-electron chi connectivity index (χ2n) is 6.02. The van der Waals surface area contributed by atoms with Gasteiger partial charge in [-0.2, -0.15) is 0 Å². The minimum Gasteiger partial charge on any atom is -0.454 e. The van der Waals surface area contributed by atoms with Gasteiger partial charge in [0.15, 0.2) is 17.3 Å². The van der Waals surface area contributed by atoms with Gasteiger partial charge >= 0.3 is 6.03 Å². The molecule has 0 spiro atoms. The molecule has 0 unspecified atom stereocenters. The highest BCUT2D eigenvalue weighted by atomic mass is 16.7. The number of carbonyl (C=O) groups excluding carboxylic acids is 3. The van der Waals surface area contributed by atoms with Crippen LogP contribution in [0.25, 0.3) is 0 Å². The first-order chi connectivity index (χ1) is 12.0. The number of hydrogen-bond donors (Lipinski definition) is 2. The summed E-state index contributed by atoms with van der Waals surface area (Å²) < 4.78 is 10.6. The lowest BCUT2D eigenvalue weighted by Crippen LogP contribution is -2.41. The summed E-state index contributed by atoms with van der Waals surface area (Å²) in [4.78, 5) is 41.0. The maximum Gasteiger partial charge on any atom is 0.325 e. The number of carbonyl (C=O) groups is 3. The molecule has 2 N–H and O–H groups in total. The van der Waals surface area contributed by atoms with E-state index in [1.165, 1.54) is 0 Å². The Balaban J connectivity index is 1.60. The predicted octanol–water partition coefficient (Wildman–Crippen LogP) is 1.39. The van der Waals surface area contributed by atoms with Crippen molar-refractivity contribution >= 4 is 17.7 Å². The maximum absolute atomic E-state index is 12.9. The number of ketones is 1. The zero-order valence-electron chi connectivity index (χ0n) is 13.4. The fraction of sp³-hybridized carbons (Fsp3) is 0.235. The SMILES string of the molecule is C[C@]1(c2ccc3c(c2)OCO3)NC(=O)N(CC(=O)c2ccc[nH]2)C1=O. The molecular formula is C17H15N3O5. The van der Waals surface area contributed by atoms with Crippen LogP contribution in [0, 0.1) is 0 Å². The lowest BCUT2D eigenvalue weighted by atomic mass is 9.91. The molecule has 0 bridgehead atoms. The monoisotopic (exact) mass is 341 g/mol. The Labute approximate surface area is 142 Å². The molecule has 2 aliphatic rings. The Kier molecular flexibility index (Phi) is 3.28. The van der Waals surface area contributed by atoms with E-state index in [-0.39, 0.29) is 19.1 Å². The van der Waals surface area contributed by atoms with Gasteiger partial charge < -0.3 is 19.8 Å². The lowest BCUT2D eigenvalue weighted by Gasteiger charge is -2.22. The quantitative estimate of drug-likeness (QED) is 0.646. The van der Waals surface area contributed by atoms with Crippen molar-refractivity contribution in [3.8, 4) is 11.5 Å². The third kappa shape index (κ3) is 2.34. The van der Waals surface area contributed by atoms with Crippen molar-refractivity contribution < 1.29 is 23.9 Å². The number of nitrogens with one attached hydrogen (secondary N) is 2. The second kappa shape index (κ2) is 5.37. The number of aromatic nitrogens is 1. The Morgan fingerprint density at radius 1 is 1.24 bits per heavy atom. The summed E-state index contributed by atoms with van der Waals surface area (Å²) in [5.41, 5.74) is -0.365. The van der Waals surface area contributed by atoms with Crippen LogP contribution in [0.2, 0.25) is 0 Å². The van der Waals surface area contributed by atoms with E-state index in [0.29, 0.717) is 22.8 Å². The minimum absolute atomic E-state index is 0.118. The fourth-order valence-electron chi connectivity index (χ4n) is 2.98. The number of aromatic amines is 1. The van der Waals surface area contributed by atoms with Gasteiger partial charge in [-0.05, 0) is 36.8 Å². The van der Waals surface area contributed by atoms with Crippen molar-refractivity contribution in [2.45, 2.75) is 12.5 Å². The summed E-state index contributed by atoms with van der Waals surface area (Å²) in [5, 5.41) is 2.67. The summed E-state index contributed by atoms with van der Waals surface area (Å²) in [6.45, 7) is 1.39. The number of urea groups is 1. The van der Waals surface area contributed by atoms with Gasteiger partial charge in [-0.25, -0.2) is 4.79 Å². The van der Waals surface area contributed by atoms with E-state index in [9.17, 15) is 14.4 Å². The van der Waals surface area contributed by atoms with E-state index in [4.69, 9.17) is 9.47 Å². The molecule has 2 aromatic rings. The molecule has 1 saturated heterocycles. The number of nitrogens with zero attached hydrogens (tertiary/aromatic N) is 1. The zero-order chi connectivity index (χ0) is 17.6. The second-order valence-corrected chi connectivity index (χ2v) is 6.02. The molecule has 1 atom stereocenters. The number of benzene rings is 1. The van der Waals surface area contributed by atoms with Crippen LogP contribution in [0.1, 0.15) is 23.0 Å². The summed E-state index contributed by atoms with van der Waals surface area (Å²) in [6.07, 6.45) is 1.61. The number of rotatable bonds is 4. The number of Topliss-reactive ketones (excluding diaryl/α,β-unsaturated/α-hetero) is 1. The van der Waals surface area contributed by atoms with Gasteiger partial charge in [0.05, 0.1) is 12.2 Å². The van der Waals surface area contributed by atoms with E-state index < -0.39 is 17.5 Å². The van der Waals surface area contributed by atoms with Gasteiger partial charge in [-0.1, -0.05) is 6.07 Å². The number of H-pyrrole nitrogens is 1. The molecule has 3 heterocycles. The van der Waals surface area contributed by atoms with Gasteiger partial charge in [0.2, 0.25) is 6.79 Å². The highest BCUT2D eigenvalue weighted by molar-refractivity contribution is 6.11. The average molecular weight is 341 g/mol. The van der Waals surface area contributed by atoms with Gasteiger partial charge in [-0.3, -0.25) is 14.5 Å². The summed E-state index contributed by atoms with van der Waals surface area (Å²) in [6, 6.07) is 7.71. The first kappa shape index (κ1) is 15.3. The fourth-order valence-corrected chi connectivity index (χ4v) is 2.98. The molecule has 2 aliphatic heterocycles. The van der Waals surface area contributed by atoms with Gasteiger partial charge in [0, 0.05) is 6.20 Å². The lowest BCUT2D eigenvalue weighted by molar-refractivity contribution is -0.130. The average Bonchev–Trinajstić information content (AvgIpc) is 3.31. The molecular weight excluding hydrogens is 326 g/mol. The molecule has 3 amide bonds. The van der Waals surface area contributed by atoms with Crippen molar-refractivity contribution in [1.29, 1.82) is 0 Å². The number of amides is 3. The molecule has 128 valence electrons. The van der Waals surface area contributed by atoms with Crippen LogP contribution in [0.4, 0.5) is 4.79 Å². The van der Waals surface area contributed by atoms with Crippen LogP contribution >= 0.6 is 0 Å². The molecule has 25 heavy (non-hydrogen) atoms.